The van der Waals surface area contributed by atoms with Gasteiger partial charge in [0.15, 0.2) is 0 Å². The highest BCUT2D eigenvalue weighted by Gasteiger charge is 2.44. The second-order valence-electron chi connectivity index (χ2n) is 10.3. The lowest BCUT2D eigenvalue weighted by atomic mass is 9.71. The van der Waals surface area contributed by atoms with Crippen LogP contribution in [-0.4, -0.2) is 65.9 Å². The molecular weight excluding hydrogens is 584 g/mol. The molecule has 218 valence electrons. The molecule has 2 unspecified atom stereocenters. The van der Waals surface area contributed by atoms with Crippen molar-refractivity contribution in [1.29, 1.82) is 0 Å². The van der Waals surface area contributed by atoms with Crippen molar-refractivity contribution in [3.63, 3.8) is 0 Å². The number of methoxy groups -OCH3 is 1. The minimum atomic E-state index is -1.45. The van der Waals surface area contributed by atoms with Crippen LogP contribution < -0.4 is 14.2 Å². The van der Waals surface area contributed by atoms with Crippen molar-refractivity contribution < 1.29 is 19.3 Å². The number of pyridine rings is 3. The van der Waals surface area contributed by atoms with E-state index in [0.29, 0.717) is 49.4 Å². The van der Waals surface area contributed by atoms with E-state index in [1.54, 1.807) is 13.3 Å². The summed E-state index contributed by atoms with van der Waals surface area (Å²) in [5.41, 5.74) is 3.56. The third-order valence-electron chi connectivity index (χ3n) is 7.36. The quantitative estimate of drug-likeness (QED) is 0.200. The predicted molar refractivity (Wildman–Crippen MR) is 165 cm³/mol. The molecule has 0 fully saturated rings. The van der Waals surface area contributed by atoms with E-state index in [2.05, 4.69) is 36.9 Å². The molecule has 3 heterocycles. The molecular formula is C32H39BrN4O4. The van der Waals surface area contributed by atoms with Crippen molar-refractivity contribution in [1.82, 2.24) is 19.9 Å². The van der Waals surface area contributed by atoms with Gasteiger partial charge >= 0.3 is 0 Å². The van der Waals surface area contributed by atoms with Crippen LogP contribution in [0.2, 0.25) is 0 Å². The molecule has 0 bridgehead atoms. The van der Waals surface area contributed by atoms with E-state index in [1.807, 2.05) is 78.2 Å². The monoisotopic (exact) mass is 622 g/mol. The van der Waals surface area contributed by atoms with Gasteiger partial charge in [0.25, 0.3) is 0 Å². The minimum absolute atomic E-state index is 0.394. The Morgan fingerprint density at radius 3 is 2.24 bits per heavy atom. The number of nitrogens with zero attached hydrogens (tertiary/aromatic N) is 4. The first-order chi connectivity index (χ1) is 19.6. The fraction of sp³-hybridized carbons (Fsp3) is 0.406. The molecule has 4 aromatic rings. The first-order valence-electron chi connectivity index (χ1n) is 13.8. The Bertz CT molecular complexity index is 1490. The zero-order valence-electron chi connectivity index (χ0n) is 24.9. The molecule has 0 saturated heterocycles. The average Bonchev–Trinajstić information content (AvgIpc) is 2.94. The van der Waals surface area contributed by atoms with Gasteiger partial charge in [-0.15, -0.1) is 0 Å². The molecule has 1 aromatic carbocycles. The van der Waals surface area contributed by atoms with Gasteiger partial charge in [-0.25, -0.2) is 4.98 Å². The molecule has 9 heteroatoms. The highest BCUT2D eigenvalue weighted by molar-refractivity contribution is 9.10. The predicted octanol–water partition coefficient (Wildman–Crippen LogP) is 6.18. The Morgan fingerprint density at radius 2 is 1.63 bits per heavy atom. The van der Waals surface area contributed by atoms with Gasteiger partial charge in [0.2, 0.25) is 17.6 Å². The summed E-state index contributed by atoms with van der Waals surface area (Å²) in [6.07, 6.45) is 2.19. The summed E-state index contributed by atoms with van der Waals surface area (Å²) in [5, 5.41) is 14.1. The van der Waals surface area contributed by atoms with Crippen LogP contribution in [0.25, 0.3) is 10.9 Å². The summed E-state index contributed by atoms with van der Waals surface area (Å²) in [7, 11) is 5.61. The number of hydrogen-bond donors (Lipinski definition) is 1. The fourth-order valence-electron chi connectivity index (χ4n) is 5.20. The van der Waals surface area contributed by atoms with Crippen molar-refractivity contribution >= 4 is 26.8 Å². The third kappa shape index (κ3) is 6.63. The van der Waals surface area contributed by atoms with Crippen LogP contribution in [0.1, 0.15) is 54.1 Å². The smallest absolute Gasteiger partial charge is 0.217 e. The molecule has 41 heavy (non-hydrogen) atoms. The van der Waals surface area contributed by atoms with E-state index < -0.39 is 11.5 Å². The Hall–Kier alpha value is -3.27. The van der Waals surface area contributed by atoms with Crippen LogP contribution in [0.5, 0.6) is 17.6 Å². The van der Waals surface area contributed by atoms with Gasteiger partial charge in [0.1, 0.15) is 5.60 Å². The van der Waals surface area contributed by atoms with Crippen molar-refractivity contribution in [2.45, 2.75) is 45.6 Å². The molecule has 2 atom stereocenters. The highest BCUT2D eigenvalue weighted by Crippen LogP contribution is 2.49. The third-order valence-corrected chi connectivity index (χ3v) is 7.86. The van der Waals surface area contributed by atoms with Gasteiger partial charge < -0.3 is 24.2 Å². The van der Waals surface area contributed by atoms with Gasteiger partial charge in [-0.05, 0) is 95.2 Å². The molecule has 0 radical (unpaired) electrons. The Kier molecular flexibility index (Phi) is 9.84. The van der Waals surface area contributed by atoms with Gasteiger partial charge in [0.05, 0.1) is 25.8 Å². The van der Waals surface area contributed by atoms with E-state index in [9.17, 15) is 5.11 Å². The molecule has 4 rings (SSSR count). The number of benzene rings is 1. The maximum atomic E-state index is 13.2. The van der Waals surface area contributed by atoms with E-state index in [1.165, 1.54) is 0 Å². The number of halogens is 1. The molecule has 8 nitrogen and oxygen atoms in total. The zero-order valence-corrected chi connectivity index (χ0v) is 26.4. The summed E-state index contributed by atoms with van der Waals surface area (Å²) in [5.74, 6) is 0.656. The summed E-state index contributed by atoms with van der Waals surface area (Å²) in [6.45, 7) is 9.31. The minimum Gasteiger partial charge on any atom is -0.481 e. The maximum absolute atomic E-state index is 13.2. The van der Waals surface area contributed by atoms with Crippen LogP contribution in [-0.2, 0) is 5.60 Å². The van der Waals surface area contributed by atoms with E-state index >= 15 is 0 Å². The lowest BCUT2D eigenvalue weighted by Crippen LogP contribution is -2.38. The molecule has 1 N–H and O–H groups in total. The highest BCUT2D eigenvalue weighted by atomic mass is 79.9. The second-order valence-corrected chi connectivity index (χ2v) is 11.3. The normalized spacial score (nSPS) is 13.7. The number of ether oxygens (including phenoxy) is 3. The average molecular weight is 624 g/mol. The van der Waals surface area contributed by atoms with Crippen molar-refractivity contribution in [3.05, 3.63) is 81.1 Å². The maximum Gasteiger partial charge on any atom is 0.217 e. The van der Waals surface area contributed by atoms with Crippen molar-refractivity contribution in [3.8, 4) is 17.6 Å². The lowest BCUT2D eigenvalue weighted by molar-refractivity contribution is 0.00302. The molecule has 0 saturated carbocycles. The summed E-state index contributed by atoms with van der Waals surface area (Å²) >= 11 is 3.60. The molecule has 3 aromatic heterocycles. The molecule has 0 aliphatic carbocycles. The number of rotatable bonds is 12. The van der Waals surface area contributed by atoms with Gasteiger partial charge in [0, 0.05) is 51.9 Å². The summed E-state index contributed by atoms with van der Waals surface area (Å²) in [6, 6.07) is 13.6. The Balaban J connectivity index is 2.10. The van der Waals surface area contributed by atoms with Crippen molar-refractivity contribution in [2.24, 2.45) is 0 Å². The SMILES string of the molecule is CCOc1cc(C(O)(CCN(C)C)C(c2cc3cc(Br)ccc3nc2OC)c2ccnc(C)c2C)cc(OCC)n1. The fourth-order valence-corrected chi connectivity index (χ4v) is 5.57. The number of hydrogen-bond acceptors (Lipinski definition) is 8. The number of fused-ring (bicyclic) bond motifs is 1. The first kappa shape index (κ1) is 30.7. The molecule has 0 amide bonds. The lowest BCUT2D eigenvalue weighted by Gasteiger charge is -2.39. The van der Waals surface area contributed by atoms with Crippen molar-refractivity contribution in [2.75, 3.05) is 41.0 Å². The molecule has 0 aliphatic rings. The van der Waals surface area contributed by atoms with Crippen LogP contribution in [0.15, 0.2) is 53.1 Å². The van der Waals surface area contributed by atoms with Crippen LogP contribution >= 0.6 is 15.9 Å². The summed E-state index contributed by atoms with van der Waals surface area (Å²) in [4.78, 5) is 16.0. The van der Waals surface area contributed by atoms with E-state index in [4.69, 9.17) is 19.2 Å². The van der Waals surface area contributed by atoms with Crippen LogP contribution in [0, 0.1) is 13.8 Å². The second kappa shape index (κ2) is 13.1. The number of aliphatic hydroxyl groups is 1. The topological polar surface area (TPSA) is 89.8 Å². The van der Waals surface area contributed by atoms with Gasteiger partial charge in [-0.3, -0.25) is 4.98 Å². The van der Waals surface area contributed by atoms with Gasteiger partial charge in [-0.1, -0.05) is 15.9 Å². The Morgan fingerprint density at radius 1 is 0.951 bits per heavy atom. The van der Waals surface area contributed by atoms with Crippen LogP contribution in [0.4, 0.5) is 0 Å². The van der Waals surface area contributed by atoms with Crippen LogP contribution in [0.3, 0.4) is 0 Å². The van der Waals surface area contributed by atoms with E-state index in [-0.39, 0.29) is 0 Å². The largest absolute Gasteiger partial charge is 0.481 e. The molecule has 0 aliphatic heterocycles. The number of aryl methyl sites for hydroxylation is 1. The molecule has 0 spiro atoms. The number of aromatic nitrogens is 3. The Labute approximate surface area is 250 Å². The first-order valence-corrected chi connectivity index (χ1v) is 14.6. The van der Waals surface area contributed by atoms with Gasteiger partial charge in [-0.2, -0.15) is 4.98 Å². The van der Waals surface area contributed by atoms with E-state index in [0.717, 1.165) is 37.8 Å². The zero-order chi connectivity index (χ0) is 29.7. The standard InChI is InChI=1S/C32H39BrN4O4/c1-8-40-28-18-23(19-29(36-28)41-9-2)32(38,13-15-37(5)6)30(25-12-14-34-21(4)20(25)3)26-17-22-16-24(33)10-11-27(22)35-31(26)39-7/h10-12,14,16-19,30,38H,8-9,13,15H2,1-7H3. The summed E-state index contributed by atoms with van der Waals surface area (Å²) < 4.78 is 18.5.